The van der Waals surface area contributed by atoms with Crippen LogP contribution in [0.4, 0.5) is 0 Å². The van der Waals surface area contributed by atoms with E-state index in [1.807, 2.05) is 42.5 Å². The van der Waals surface area contributed by atoms with Crippen molar-refractivity contribution >= 4 is 0 Å². The third-order valence-corrected chi connectivity index (χ3v) is 2.44. The maximum absolute atomic E-state index is 2.12. The Morgan fingerprint density at radius 3 is 1.17 bits per heavy atom. The van der Waals surface area contributed by atoms with Crippen LogP contribution in [0.1, 0.15) is 0 Å². The van der Waals surface area contributed by atoms with Crippen molar-refractivity contribution in [2.45, 2.75) is 0 Å². The van der Waals surface area contributed by atoms with Gasteiger partial charge in [-0.05, 0) is 11.1 Å². The summed E-state index contributed by atoms with van der Waals surface area (Å²) in [5.41, 5.74) is 2.55. The van der Waals surface area contributed by atoms with Crippen LogP contribution in [0.3, 0.4) is 0 Å². The van der Waals surface area contributed by atoms with E-state index in [2.05, 4.69) is 48.5 Å². The summed E-state index contributed by atoms with van der Waals surface area (Å²) in [6.07, 6.45) is 0. The fraction of sp³-hybridized carbons (Fsp3) is 0. The molecule has 0 amide bonds. The van der Waals surface area contributed by atoms with E-state index in [-0.39, 0.29) is 17.1 Å². The van der Waals surface area contributed by atoms with Gasteiger partial charge >= 0.3 is 0 Å². The van der Waals surface area contributed by atoms with Crippen LogP contribution in [-0.2, 0) is 17.1 Å². The molecule has 0 saturated heterocycles. The topological polar surface area (TPSA) is 0 Å². The fourth-order valence-corrected chi connectivity index (χ4v) is 1.58. The first-order chi connectivity index (χ1) is 8.47. The summed E-state index contributed by atoms with van der Waals surface area (Å²) >= 11 is 0. The molecule has 18 heavy (non-hydrogen) atoms. The number of rotatable bonds is 1. The minimum Gasteiger partial charge on any atom is -0.214 e. The average Bonchev–Trinajstić information content (AvgIpc) is 3.00. The van der Waals surface area contributed by atoms with E-state index in [1.54, 1.807) is 0 Å². The Bertz CT molecular complexity index is 443. The number of hydrogen-bond acceptors (Lipinski definition) is 0. The fourth-order valence-electron chi connectivity index (χ4n) is 1.58. The van der Waals surface area contributed by atoms with Crippen LogP contribution in [0.15, 0.2) is 91.0 Å². The smallest absolute Gasteiger partial charge is 0 e. The first kappa shape index (κ1) is 14.4. The van der Waals surface area contributed by atoms with E-state index < -0.39 is 0 Å². The molecule has 0 heterocycles. The van der Waals surface area contributed by atoms with Crippen molar-refractivity contribution in [3.05, 3.63) is 91.0 Å². The molecule has 0 N–H and O–H groups in total. The molecule has 0 fully saturated rings. The van der Waals surface area contributed by atoms with Crippen molar-refractivity contribution in [1.82, 2.24) is 0 Å². The molecule has 3 aromatic carbocycles. The van der Waals surface area contributed by atoms with Crippen LogP contribution in [0.2, 0.25) is 0 Å². The van der Waals surface area contributed by atoms with Gasteiger partial charge < -0.3 is 0 Å². The van der Waals surface area contributed by atoms with Crippen molar-refractivity contribution in [2.24, 2.45) is 0 Å². The monoisotopic (exact) mass is 275 g/mol. The first-order valence-electron chi connectivity index (χ1n) is 5.74. The summed E-state index contributed by atoms with van der Waals surface area (Å²) < 4.78 is 0. The van der Waals surface area contributed by atoms with Gasteiger partial charge in [-0.1, -0.05) is 60.7 Å². The van der Waals surface area contributed by atoms with Gasteiger partial charge in [-0.15, -0.1) is 0 Å². The van der Waals surface area contributed by atoms with E-state index in [1.165, 1.54) is 11.1 Å². The molecule has 0 unspecified atom stereocenters. The standard InChI is InChI=1S/C12H10.C5H5.Fe/c1-3-7-11(8-4-1)12-9-5-2-6-10-12;1-2-4-5-3-1;/h1-10H;1-5H;/q;-1;. The zero-order chi connectivity index (χ0) is 11.8. The maximum atomic E-state index is 2.12. The normalized spacial score (nSPS) is 8.67. The van der Waals surface area contributed by atoms with Crippen molar-refractivity contribution in [3.63, 3.8) is 0 Å². The Morgan fingerprint density at radius 2 is 0.889 bits per heavy atom. The quantitative estimate of drug-likeness (QED) is 0.444. The van der Waals surface area contributed by atoms with Gasteiger partial charge in [0.2, 0.25) is 0 Å². The second-order valence-electron chi connectivity index (χ2n) is 3.69. The summed E-state index contributed by atoms with van der Waals surface area (Å²) in [5.74, 6) is 0. The molecule has 3 rings (SSSR count). The van der Waals surface area contributed by atoms with Crippen molar-refractivity contribution in [3.8, 4) is 11.1 Å². The number of benzene rings is 2. The van der Waals surface area contributed by atoms with Gasteiger partial charge in [-0.25, -0.2) is 12.1 Å². The van der Waals surface area contributed by atoms with Crippen LogP contribution in [0, 0.1) is 0 Å². The Morgan fingerprint density at radius 1 is 0.500 bits per heavy atom. The first-order valence-corrected chi connectivity index (χ1v) is 5.74. The Kier molecular flexibility index (Phi) is 6.71. The van der Waals surface area contributed by atoms with Crippen LogP contribution in [-0.4, -0.2) is 0 Å². The molecule has 0 aliphatic rings. The van der Waals surface area contributed by atoms with Crippen molar-refractivity contribution < 1.29 is 17.1 Å². The van der Waals surface area contributed by atoms with Gasteiger partial charge in [0.15, 0.2) is 0 Å². The van der Waals surface area contributed by atoms with Crippen LogP contribution in [0.25, 0.3) is 11.1 Å². The molecule has 92 valence electrons. The van der Waals surface area contributed by atoms with Gasteiger partial charge in [0, 0.05) is 17.1 Å². The van der Waals surface area contributed by atoms with E-state index in [9.17, 15) is 0 Å². The molecule has 0 radical (unpaired) electrons. The largest absolute Gasteiger partial charge is 0.214 e. The second kappa shape index (κ2) is 8.41. The molecule has 0 saturated carbocycles. The summed E-state index contributed by atoms with van der Waals surface area (Å²) in [6.45, 7) is 0. The van der Waals surface area contributed by atoms with E-state index in [0.717, 1.165) is 0 Å². The molecular formula is C17H15Fe-. The van der Waals surface area contributed by atoms with Crippen LogP contribution in [0.5, 0.6) is 0 Å². The predicted molar refractivity (Wildman–Crippen MR) is 73.9 cm³/mol. The molecule has 0 bridgehead atoms. The summed E-state index contributed by atoms with van der Waals surface area (Å²) in [7, 11) is 0. The SMILES string of the molecule is [Fe].c1cc[cH-]c1.c1ccc(-c2ccccc2)cc1. The Hall–Kier alpha value is -1.69. The predicted octanol–water partition coefficient (Wildman–Crippen LogP) is 4.76. The molecule has 0 aliphatic carbocycles. The summed E-state index contributed by atoms with van der Waals surface area (Å²) in [4.78, 5) is 0. The molecule has 0 spiro atoms. The molecule has 0 aromatic heterocycles. The summed E-state index contributed by atoms with van der Waals surface area (Å²) in [5, 5.41) is 0. The zero-order valence-electron chi connectivity index (χ0n) is 10.0. The van der Waals surface area contributed by atoms with E-state index in [4.69, 9.17) is 0 Å². The molecular weight excluding hydrogens is 260 g/mol. The zero-order valence-corrected chi connectivity index (χ0v) is 11.1. The number of hydrogen-bond donors (Lipinski definition) is 0. The Labute approximate surface area is 119 Å². The molecule has 0 aliphatic heterocycles. The van der Waals surface area contributed by atoms with E-state index >= 15 is 0 Å². The minimum atomic E-state index is 0. The molecule has 3 aromatic rings. The van der Waals surface area contributed by atoms with Gasteiger partial charge in [0.05, 0.1) is 0 Å². The third kappa shape index (κ3) is 4.67. The second-order valence-corrected chi connectivity index (χ2v) is 3.69. The van der Waals surface area contributed by atoms with Gasteiger partial charge in [0.25, 0.3) is 0 Å². The van der Waals surface area contributed by atoms with E-state index in [0.29, 0.717) is 0 Å². The average molecular weight is 275 g/mol. The molecule has 1 heteroatoms. The Balaban J connectivity index is 0.000000230. The molecule has 0 nitrogen and oxygen atoms in total. The van der Waals surface area contributed by atoms with Gasteiger partial charge in [-0.2, -0.15) is 18.2 Å². The van der Waals surface area contributed by atoms with Crippen LogP contribution >= 0.6 is 0 Å². The van der Waals surface area contributed by atoms with Crippen LogP contribution < -0.4 is 0 Å². The van der Waals surface area contributed by atoms with Crippen molar-refractivity contribution in [2.75, 3.05) is 0 Å². The van der Waals surface area contributed by atoms with Crippen molar-refractivity contribution in [1.29, 1.82) is 0 Å². The summed E-state index contributed by atoms with van der Waals surface area (Å²) in [6, 6.07) is 30.8. The maximum Gasteiger partial charge on any atom is 0 e. The van der Waals surface area contributed by atoms with Gasteiger partial charge in [0.1, 0.15) is 0 Å². The minimum absolute atomic E-state index is 0. The van der Waals surface area contributed by atoms with Gasteiger partial charge in [-0.3, -0.25) is 0 Å². The third-order valence-electron chi connectivity index (χ3n) is 2.44. The molecule has 0 atom stereocenters.